The molecule has 3 heteroatoms. The molecule has 1 aliphatic rings. The van der Waals surface area contributed by atoms with Crippen LogP contribution in [-0.4, -0.2) is 35.0 Å². The highest BCUT2D eigenvalue weighted by Crippen LogP contribution is 2.29. The van der Waals surface area contributed by atoms with Crippen molar-refractivity contribution in [1.82, 2.24) is 4.90 Å². The van der Waals surface area contributed by atoms with Crippen molar-refractivity contribution in [2.45, 2.75) is 51.4 Å². The Labute approximate surface area is 128 Å². The van der Waals surface area contributed by atoms with Crippen molar-refractivity contribution in [3.05, 3.63) is 29.8 Å². The Morgan fingerprint density at radius 1 is 1.25 bits per heavy atom. The summed E-state index contributed by atoms with van der Waals surface area (Å²) in [7, 11) is 0. The number of hydrogen-bond donors (Lipinski definition) is 1. The lowest BCUT2D eigenvalue weighted by atomic mass is 10.1. The van der Waals surface area contributed by atoms with Gasteiger partial charge < -0.3 is 5.32 Å². The van der Waals surface area contributed by atoms with Gasteiger partial charge in [-0.05, 0) is 43.3 Å². The van der Waals surface area contributed by atoms with E-state index in [4.69, 9.17) is 0 Å². The summed E-state index contributed by atoms with van der Waals surface area (Å²) in [4.78, 5) is 2.47. The number of anilines is 1. The van der Waals surface area contributed by atoms with E-state index in [0.717, 1.165) is 19.6 Å². The Kier molecular flexibility index (Phi) is 6.24. The topological polar surface area (TPSA) is 15.3 Å². The molecule has 112 valence electrons. The molecule has 2 nitrogen and oxygen atoms in total. The van der Waals surface area contributed by atoms with Crippen molar-refractivity contribution in [2.75, 3.05) is 24.2 Å². The molecule has 0 radical (unpaired) electrons. The summed E-state index contributed by atoms with van der Waals surface area (Å²) in [6.07, 6.45) is 2.64. The summed E-state index contributed by atoms with van der Waals surface area (Å²) in [5, 5.41) is 4.52. The molecular weight excluding hydrogens is 264 g/mol. The van der Waals surface area contributed by atoms with Crippen LogP contribution in [0, 0.1) is 0 Å². The highest BCUT2D eigenvalue weighted by atomic mass is 32.2. The Morgan fingerprint density at radius 2 is 2.00 bits per heavy atom. The highest BCUT2D eigenvalue weighted by Gasteiger charge is 2.22. The minimum absolute atomic E-state index is 0.617. The number of nitrogens with zero attached hydrogens (tertiary/aromatic N) is 1. The Morgan fingerprint density at radius 3 is 2.70 bits per heavy atom. The maximum absolute atomic E-state index is 3.81. The Bertz CT molecular complexity index is 404. The lowest BCUT2D eigenvalue weighted by molar-refractivity contribution is 0.296. The fraction of sp³-hybridized carbons (Fsp3) is 0.647. The van der Waals surface area contributed by atoms with Gasteiger partial charge in [0.05, 0.1) is 0 Å². The molecule has 2 rings (SSSR count). The summed E-state index contributed by atoms with van der Waals surface area (Å²) < 4.78 is 0. The minimum Gasteiger partial charge on any atom is -0.381 e. The van der Waals surface area contributed by atoms with Crippen LogP contribution in [0.25, 0.3) is 0 Å². The smallest absolute Gasteiger partial charge is 0.0388 e. The van der Waals surface area contributed by atoms with Gasteiger partial charge in [0.2, 0.25) is 0 Å². The number of benzene rings is 1. The summed E-state index contributed by atoms with van der Waals surface area (Å²) >= 11 is 2.10. The molecule has 0 bridgehead atoms. The molecule has 1 aliphatic heterocycles. The molecule has 0 spiro atoms. The van der Waals surface area contributed by atoms with Gasteiger partial charge in [0, 0.05) is 23.5 Å². The van der Waals surface area contributed by atoms with Crippen LogP contribution in [-0.2, 0) is 6.54 Å². The molecule has 20 heavy (non-hydrogen) atoms. The third-order valence-electron chi connectivity index (χ3n) is 4.25. The maximum Gasteiger partial charge on any atom is 0.0388 e. The standard InChI is InChI=1S/C17H28N2S/c1-4-19(5-2)13-15-9-6-7-10-17(15)18-16-11-8-12-20-14(16)3/h6-7,9-10,14,16,18H,4-5,8,11-13H2,1-3H3. The van der Waals surface area contributed by atoms with Crippen molar-refractivity contribution < 1.29 is 0 Å². The van der Waals surface area contributed by atoms with E-state index >= 15 is 0 Å². The first-order chi connectivity index (χ1) is 9.74. The van der Waals surface area contributed by atoms with E-state index in [1.54, 1.807) is 0 Å². The van der Waals surface area contributed by atoms with Crippen LogP contribution in [0.1, 0.15) is 39.2 Å². The van der Waals surface area contributed by atoms with E-state index in [9.17, 15) is 0 Å². The zero-order valence-electron chi connectivity index (χ0n) is 13.1. The molecule has 1 aromatic rings. The minimum atomic E-state index is 0.617. The van der Waals surface area contributed by atoms with Crippen LogP contribution >= 0.6 is 11.8 Å². The van der Waals surface area contributed by atoms with Gasteiger partial charge in [-0.2, -0.15) is 11.8 Å². The van der Waals surface area contributed by atoms with Gasteiger partial charge in [-0.25, -0.2) is 0 Å². The van der Waals surface area contributed by atoms with Crippen molar-refractivity contribution in [3.63, 3.8) is 0 Å². The predicted octanol–water partition coefficient (Wildman–Crippen LogP) is 4.22. The molecule has 2 unspecified atom stereocenters. The van der Waals surface area contributed by atoms with E-state index in [0.29, 0.717) is 11.3 Å². The molecule has 0 saturated carbocycles. The summed E-state index contributed by atoms with van der Waals surface area (Å²) in [6, 6.07) is 9.43. The second-order valence-electron chi connectivity index (χ2n) is 5.59. The summed E-state index contributed by atoms with van der Waals surface area (Å²) in [5.41, 5.74) is 2.76. The lowest BCUT2D eigenvalue weighted by Gasteiger charge is -2.31. The number of hydrogen-bond acceptors (Lipinski definition) is 3. The summed E-state index contributed by atoms with van der Waals surface area (Å²) in [5.74, 6) is 1.32. The van der Waals surface area contributed by atoms with Gasteiger partial charge in [-0.15, -0.1) is 0 Å². The van der Waals surface area contributed by atoms with Crippen LogP contribution < -0.4 is 5.32 Å². The molecule has 1 heterocycles. The lowest BCUT2D eigenvalue weighted by Crippen LogP contribution is -2.33. The van der Waals surface area contributed by atoms with Gasteiger partial charge in [0.1, 0.15) is 0 Å². The van der Waals surface area contributed by atoms with Gasteiger partial charge in [0.15, 0.2) is 0 Å². The van der Waals surface area contributed by atoms with Crippen LogP contribution in [0.15, 0.2) is 24.3 Å². The first kappa shape index (κ1) is 15.7. The second-order valence-corrected chi connectivity index (χ2v) is 7.07. The molecule has 0 aliphatic carbocycles. The van der Waals surface area contributed by atoms with E-state index in [-0.39, 0.29) is 0 Å². The van der Waals surface area contributed by atoms with E-state index in [1.165, 1.54) is 29.8 Å². The average molecular weight is 292 g/mol. The van der Waals surface area contributed by atoms with Crippen LogP contribution in [0.3, 0.4) is 0 Å². The van der Waals surface area contributed by atoms with Crippen molar-refractivity contribution in [1.29, 1.82) is 0 Å². The number of rotatable bonds is 6. The normalized spacial score (nSPS) is 23.0. The van der Waals surface area contributed by atoms with E-state index in [1.807, 2.05) is 0 Å². The van der Waals surface area contributed by atoms with Crippen molar-refractivity contribution >= 4 is 17.4 Å². The van der Waals surface area contributed by atoms with Gasteiger partial charge in [0.25, 0.3) is 0 Å². The third kappa shape index (κ3) is 4.16. The maximum atomic E-state index is 3.81. The molecule has 0 aromatic heterocycles. The van der Waals surface area contributed by atoms with Crippen LogP contribution in [0.5, 0.6) is 0 Å². The SMILES string of the molecule is CCN(CC)Cc1ccccc1NC1CCCSC1C. The first-order valence-corrected chi connectivity index (χ1v) is 8.97. The van der Waals surface area contributed by atoms with Crippen LogP contribution in [0.2, 0.25) is 0 Å². The fourth-order valence-corrected chi connectivity index (χ4v) is 3.94. The quantitative estimate of drug-likeness (QED) is 0.845. The molecule has 1 N–H and O–H groups in total. The first-order valence-electron chi connectivity index (χ1n) is 7.93. The number of nitrogens with one attached hydrogen (secondary N) is 1. The van der Waals surface area contributed by atoms with Crippen molar-refractivity contribution in [2.24, 2.45) is 0 Å². The molecule has 1 saturated heterocycles. The van der Waals surface area contributed by atoms with Gasteiger partial charge in [-0.1, -0.05) is 39.0 Å². The molecule has 1 aromatic carbocycles. The largest absolute Gasteiger partial charge is 0.381 e. The fourth-order valence-electron chi connectivity index (χ4n) is 2.80. The second kappa shape index (κ2) is 7.94. The predicted molar refractivity (Wildman–Crippen MR) is 91.6 cm³/mol. The molecule has 2 atom stereocenters. The van der Waals surface area contributed by atoms with Gasteiger partial charge >= 0.3 is 0 Å². The monoisotopic (exact) mass is 292 g/mol. The van der Waals surface area contributed by atoms with E-state index < -0.39 is 0 Å². The number of thioether (sulfide) groups is 1. The van der Waals surface area contributed by atoms with Crippen molar-refractivity contribution in [3.8, 4) is 0 Å². The Hall–Kier alpha value is -0.670. The molecular formula is C17H28N2S. The zero-order chi connectivity index (χ0) is 14.4. The zero-order valence-corrected chi connectivity index (χ0v) is 13.9. The van der Waals surface area contributed by atoms with Crippen LogP contribution in [0.4, 0.5) is 5.69 Å². The summed E-state index contributed by atoms with van der Waals surface area (Å²) in [6.45, 7) is 10.1. The van der Waals surface area contributed by atoms with Gasteiger partial charge in [-0.3, -0.25) is 4.90 Å². The highest BCUT2D eigenvalue weighted by molar-refractivity contribution is 8.00. The van der Waals surface area contributed by atoms with E-state index in [2.05, 4.69) is 67.0 Å². The molecule has 0 amide bonds. The third-order valence-corrected chi connectivity index (χ3v) is 5.63. The molecule has 1 fully saturated rings. The number of para-hydroxylation sites is 1. The Balaban J connectivity index is 2.06. The average Bonchev–Trinajstić information content (AvgIpc) is 2.48.